The average Bonchev–Trinajstić information content (AvgIpc) is 1.66. The van der Waals surface area contributed by atoms with Gasteiger partial charge < -0.3 is 18.9 Å². The molecule has 602 valence electrons. The lowest BCUT2D eigenvalue weighted by molar-refractivity contribution is -0.275. The summed E-state index contributed by atoms with van der Waals surface area (Å²) in [6.45, 7) is 8.84. The SMILES string of the molecule is CC(F)(F)c1nnc2ncc(-c3ccc(OC(F)(F)F)cc3)cn12.CC(F)(F)c1nnc2ncc(-c3ccc(OC(F)(F)F)cc3)cn12.CC(F)c1nnc2cnc(-c3ccc(C(C)(C)C#N)cc3)cn12.Cc1ccc(OC(F)(F)F)cc1-c1ccc2nnc(C(C)(F)F)n2n1.FC(F)(F)Oc1ccc(-c2cnc3nccn3c2)cc1. The Bertz CT molecular complexity index is 5840. The zero-order chi connectivity index (χ0) is 84.3. The summed E-state index contributed by atoms with van der Waals surface area (Å²) < 4.78 is 262. The van der Waals surface area contributed by atoms with Crippen molar-refractivity contribution in [3.8, 4) is 85.0 Å². The van der Waals surface area contributed by atoms with Gasteiger partial charge in [-0.3, -0.25) is 22.6 Å². The summed E-state index contributed by atoms with van der Waals surface area (Å²) in [5.74, 6) is -12.2. The number of alkyl halides is 19. The molecule has 1 unspecified atom stereocenters. The summed E-state index contributed by atoms with van der Waals surface area (Å²) in [6.07, 6.45) is -4.82. The Balaban J connectivity index is 0.000000143. The monoisotopic (exact) mass is 1630 g/mol. The zero-order valence-corrected chi connectivity index (χ0v) is 60.2. The van der Waals surface area contributed by atoms with Gasteiger partial charge >= 0.3 is 43.2 Å². The van der Waals surface area contributed by atoms with E-state index in [0.29, 0.717) is 71.3 Å². The standard InChI is InChI=1S/C17H16FN5.C15H11F5N4O.2C14H9F5N4O.C13H8F3N3O/c1-11(18)16-22-21-15-8-20-14(9-23(15)16)12-4-6-13(7-5-12)17(2,3)10-19;1-8-3-4-9(25-15(18,19)20)7-10(8)11-5-6-12-21-22-13(14(2,16)17)24(12)23-11;2*1-13(15,16)11-21-22-12-20-6-9(7-23(11)12)8-2-4-10(5-3-8)24-14(17,18)19;14-13(15,16)20-11-3-1-9(2-4-11)10-7-18-12-17-5-6-19(12)8-10/h4-9,11H,1-3H3;3-7H,1-2H3;2*2-7H,1H3;1-8H. The van der Waals surface area contributed by atoms with Gasteiger partial charge in [0.1, 0.15) is 23.0 Å². The number of imidazole rings is 1. The number of hydrogen-bond acceptors (Lipinski definition) is 19. The molecule has 0 aliphatic rings. The normalized spacial score (nSPS) is 12.5. The minimum atomic E-state index is -4.84. The third-order valence-corrected chi connectivity index (χ3v) is 16.1. The molecule has 24 nitrogen and oxygen atoms in total. The van der Waals surface area contributed by atoms with Gasteiger partial charge in [0.25, 0.3) is 11.6 Å². The van der Waals surface area contributed by atoms with Crippen LogP contribution in [0.15, 0.2) is 189 Å². The number of aryl methyl sites for hydroxylation is 1. The summed E-state index contributed by atoms with van der Waals surface area (Å²) in [5, 5.41) is 41.9. The third kappa shape index (κ3) is 20.9. The summed E-state index contributed by atoms with van der Waals surface area (Å²) in [4.78, 5) is 20.3. The number of nitrogens with zero attached hydrogens (tertiary/aromatic N) is 20. The summed E-state index contributed by atoms with van der Waals surface area (Å²) in [5.41, 5.74) is 6.94. The second kappa shape index (κ2) is 32.4. The molecule has 0 aliphatic carbocycles. The van der Waals surface area contributed by atoms with Crippen molar-refractivity contribution in [3.05, 3.63) is 224 Å². The quantitative estimate of drug-likeness (QED) is 0.0916. The van der Waals surface area contributed by atoms with Crippen LogP contribution >= 0.6 is 0 Å². The molecule has 0 fully saturated rings. The van der Waals surface area contributed by atoms with Crippen LogP contribution in [0.25, 0.3) is 84.5 Å². The van der Waals surface area contributed by atoms with E-state index in [1.807, 2.05) is 38.1 Å². The number of hydrogen-bond donors (Lipinski definition) is 0. The van der Waals surface area contributed by atoms with E-state index in [-0.39, 0.29) is 46.0 Å². The van der Waals surface area contributed by atoms with E-state index in [1.165, 1.54) is 86.3 Å². The predicted octanol–water partition coefficient (Wildman–Crippen LogP) is 18.6. The number of ether oxygens (including phenoxy) is 4. The van der Waals surface area contributed by atoms with Crippen molar-refractivity contribution >= 4 is 28.6 Å². The number of rotatable bonds is 14. The van der Waals surface area contributed by atoms with E-state index in [4.69, 9.17) is 0 Å². The summed E-state index contributed by atoms with van der Waals surface area (Å²) >= 11 is 0. The Kier molecular flexibility index (Phi) is 23.2. The minimum absolute atomic E-state index is 0.00713. The molecule has 0 bridgehead atoms. The van der Waals surface area contributed by atoms with Crippen molar-refractivity contribution in [2.75, 3.05) is 0 Å². The third-order valence-electron chi connectivity index (χ3n) is 16.1. The molecule has 10 heterocycles. The number of aromatic nitrogens is 19. The van der Waals surface area contributed by atoms with Crippen molar-refractivity contribution < 1.29 is 102 Å². The van der Waals surface area contributed by atoms with Gasteiger partial charge in [-0.05, 0) is 116 Å². The largest absolute Gasteiger partial charge is 0.573 e. The highest BCUT2D eigenvalue weighted by Gasteiger charge is 2.37. The molecule has 1 atom stereocenters. The first-order valence-electron chi connectivity index (χ1n) is 33.1. The van der Waals surface area contributed by atoms with Crippen LogP contribution in [0.3, 0.4) is 0 Å². The van der Waals surface area contributed by atoms with Crippen LogP contribution in [0.4, 0.5) is 83.4 Å². The highest BCUT2D eigenvalue weighted by atomic mass is 19.4. The Morgan fingerprint density at radius 2 is 0.810 bits per heavy atom. The molecule has 0 saturated carbocycles. The summed E-state index contributed by atoms with van der Waals surface area (Å²) in [7, 11) is 0. The van der Waals surface area contributed by atoms with E-state index in [2.05, 4.69) is 95.8 Å². The molecule has 0 spiro atoms. The fourth-order valence-electron chi connectivity index (χ4n) is 10.6. The van der Waals surface area contributed by atoms with Crippen molar-refractivity contribution in [2.45, 2.75) is 103 Å². The molecule has 0 N–H and O–H groups in total. The van der Waals surface area contributed by atoms with Crippen LogP contribution < -0.4 is 18.9 Å². The van der Waals surface area contributed by atoms with Crippen molar-refractivity contribution in [3.63, 3.8) is 0 Å². The number of benzene rings is 5. The zero-order valence-electron chi connectivity index (χ0n) is 60.2. The van der Waals surface area contributed by atoms with E-state index in [0.717, 1.165) is 72.0 Å². The average molecular weight is 1640 g/mol. The van der Waals surface area contributed by atoms with E-state index in [9.17, 15) is 88.7 Å². The van der Waals surface area contributed by atoms with Crippen LogP contribution in [0.2, 0.25) is 0 Å². The first-order chi connectivity index (χ1) is 54.2. The fourth-order valence-corrected chi connectivity index (χ4v) is 10.6. The van der Waals surface area contributed by atoms with Crippen LogP contribution in [0.1, 0.15) is 82.1 Å². The Labute approximate surface area is 639 Å². The smallest absolute Gasteiger partial charge is 0.406 e. The van der Waals surface area contributed by atoms with E-state index < -0.39 is 78.0 Å². The topological polar surface area (TPSA) is 263 Å². The summed E-state index contributed by atoms with van der Waals surface area (Å²) in [6, 6.07) is 32.0. The molecule has 15 aromatic rings. The van der Waals surface area contributed by atoms with Crippen LogP contribution in [-0.2, 0) is 23.2 Å². The van der Waals surface area contributed by atoms with Gasteiger partial charge in [-0.25, -0.2) is 24.3 Å². The molecule has 43 heteroatoms. The highest BCUT2D eigenvalue weighted by molar-refractivity contribution is 5.68. The molecular weight excluding hydrogens is 1580 g/mol. The lowest BCUT2D eigenvalue weighted by Crippen LogP contribution is -2.17. The van der Waals surface area contributed by atoms with Crippen LogP contribution in [0.5, 0.6) is 23.0 Å². The van der Waals surface area contributed by atoms with Crippen LogP contribution in [0, 0.1) is 18.3 Å². The molecule has 0 amide bonds. The first kappa shape index (κ1) is 83.2. The molecule has 10 aromatic heterocycles. The van der Waals surface area contributed by atoms with Crippen molar-refractivity contribution in [1.29, 1.82) is 5.26 Å². The lowest BCUT2D eigenvalue weighted by Gasteiger charge is -2.15. The Hall–Kier alpha value is -13.7. The second-order valence-corrected chi connectivity index (χ2v) is 25.5. The molecule has 15 rings (SSSR count). The van der Waals surface area contributed by atoms with Crippen LogP contribution in [-0.4, -0.2) is 118 Å². The number of fused-ring (bicyclic) bond motifs is 5. The maximum absolute atomic E-state index is 13.6. The highest BCUT2D eigenvalue weighted by Crippen LogP contribution is 2.36. The first-order valence-corrected chi connectivity index (χ1v) is 33.1. The molecule has 0 aliphatic heterocycles. The minimum Gasteiger partial charge on any atom is -0.406 e. The molecular formula is C73H53F19N20O4. The van der Waals surface area contributed by atoms with Gasteiger partial charge in [-0.1, -0.05) is 66.7 Å². The molecule has 0 radical (unpaired) electrons. The lowest BCUT2D eigenvalue weighted by atomic mass is 9.86. The molecule has 5 aromatic carbocycles. The maximum atomic E-state index is 13.6. The van der Waals surface area contributed by atoms with Crippen molar-refractivity contribution in [1.82, 2.24) is 92.9 Å². The maximum Gasteiger partial charge on any atom is 0.573 e. The number of nitriles is 1. The molecule has 0 saturated heterocycles. The van der Waals surface area contributed by atoms with Crippen molar-refractivity contribution in [2.24, 2.45) is 0 Å². The fraction of sp³-hybridized carbons (Fsp3) is 0.219. The predicted molar refractivity (Wildman–Crippen MR) is 372 cm³/mol. The molecule has 116 heavy (non-hydrogen) atoms. The van der Waals surface area contributed by atoms with Gasteiger partial charge in [0.05, 0.1) is 29.1 Å². The van der Waals surface area contributed by atoms with E-state index in [1.54, 1.807) is 65.0 Å². The Morgan fingerprint density at radius 3 is 1.26 bits per heavy atom. The number of halogens is 19. The van der Waals surface area contributed by atoms with Gasteiger partial charge in [-0.2, -0.15) is 41.2 Å². The second-order valence-electron chi connectivity index (χ2n) is 25.5. The van der Waals surface area contributed by atoms with Gasteiger partial charge in [0, 0.05) is 104 Å². The Morgan fingerprint density at radius 1 is 0.388 bits per heavy atom. The van der Waals surface area contributed by atoms with E-state index >= 15 is 0 Å². The van der Waals surface area contributed by atoms with Gasteiger partial charge in [0.2, 0.25) is 23.3 Å². The van der Waals surface area contributed by atoms with Gasteiger partial charge in [0.15, 0.2) is 23.3 Å². The van der Waals surface area contributed by atoms with Gasteiger partial charge in [-0.15, -0.1) is 93.5 Å².